The molecule has 19 heavy (non-hydrogen) atoms. The number of carbonyl (C=O) groups is 1. The van der Waals surface area contributed by atoms with E-state index in [1.165, 1.54) is 0 Å². The molecule has 0 aliphatic carbocycles. The van der Waals surface area contributed by atoms with Gasteiger partial charge in [-0.15, -0.1) is 0 Å². The van der Waals surface area contributed by atoms with E-state index in [1.54, 1.807) is 30.3 Å². The van der Waals surface area contributed by atoms with Crippen molar-refractivity contribution in [3.8, 4) is 0 Å². The second kappa shape index (κ2) is 4.65. The average molecular weight is 292 g/mol. The Kier molecular flexibility index (Phi) is 2.98. The molecule has 5 heteroatoms. The van der Waals surface area contributed by atoms with E-state index in [4.69, 9.17) is 27.9 Å². The second-order valence-corrected chi connectivity index (χ2v) is 4.81. The van der Waals surface area contributed by atoms with Crippen molar-refractivity contribution in [3.63, 3.8) is 0 Å². The van der Waals surface area contributed by atoms with Gasteiger partial charge in [0, 0.05) is 11.3 Å². The zero-order chi connectivity index (χ0) is 13.4. The molecule has 1 unspecified atom stereocenters. The molecule has 2 aromatic rings. The van der Waals surface area contributed by atoms with E-state index in [1.807, 2.05) is 0 Å². The lowest BCUT2D eigenvalue weighted by Crippen LogP contribution is -2.10. The van der Waals surface area contributed by atoms with E-state index in [9.17, 15) is 4.79 Å². The number of benzene rings is 1. The first-order chi connectivity index (χ1) is 9.15. The Morgan fingerprint density at radius 1 is 1.21 bits per heavy atom. The smallest absolute Gasteiger partial charge is 0.349 e. The molecule has 1 heterocycles. The third-order valence-corrected chi connectivity index (χ3v) is 3.50. The van der Waals surface area contributed by atoms with Gasteiger partial charge in [-0.1, -0.05) is 35.3 Å². The van der Waals surface area contributed by atoms with Crippen LogP contribution < -0.4 is 5.32 Å². The van der Waals surface area contributed by atoms with E-state index in [0.29, 0.717) is 21.3 Å². The van der Waals surface area contributed by atoms with Crippen molar-refractivity contribution in [1.82, 2.24) is 0 Å². The van der Waals surface area contributed by atoms with Crippen molar-refractivity contribution in [2.24, 2.45) is 0 Å². The van der Waals surface area contributed by atoms with Gasteiger partial charge in [0.2, 0.25) is 6.23 Å². The van der Waals surface area contributed by atoms with Crippen molar-refractivity contribution in [1.29, 1.82) is 0 Å². The highest BCUT2D eigenvalue weighted by molar-refractivity contribution is 6.42. The molecule has 1 aliphatic rings. The van der Waals surface area contributed by atoms with Gasteiger partial charge < -0.3 is 10.1 Å². The third kappa shape index (κ3) is 2.21. The zero-order valence-corrected chi connectivity index (χ0v) is 11.0. The number of rotatable bonds is 2. The summed E-state index contributed by atoms with van der Waals surface area (Å²) in [4.78, 5) is 11.6. The van der Waals surface area contributed by atoms with Crippen LogP contribution in [0.4, 0.5) is 5.69 Å². The summed E-state index contributed by atoms with van der Waals surface area (Å²) >= 11 is 11.8. The molecule has 0 radical (unpaired) electrons. The monoisotopic (exact) mass is 291 g/mol. The van der Waals surface area contributed by atoms with Gasteiger partial charge >= 0.3 is 5.97 Å². The van der Waals surface area contributed by atoms with Gasteiger partial charge in [0.15, 0.2) is 0 Å². The van der Waals surface area contributed by atoms with Gasteiger partial charge in [0.1, 0.15) is 5.56 Å². The van der Waals surface area contributed by atoms with Crippen molar-refractivity contribution in [3.05, 3.63) is 63.6 Å². The van der Waals surface area contributed by atoms with Gasteiger partial charge in [-0.3, -0.25) is 0 Å². The van der Waals surface area contributed by atoms with Crippen LogP contribution in [0.2, 0.25) is 10.0 Å². The van der Waals surface area contributed by atoms with Crippen LogP contribution in [0.1, 0.15) is 22.1 Å². The number of hydrogen-bond donors (Lipinski definition) is 1. The molecule has 1 N–H and O–H groups in total. The van der Waals surface area contributed by atoms with Gasteiger partial charge in [0.05, 0.1) is 10.0 Å². The first-order valence-corrected chi connectivity index (χ1v) is 6.25. The molecule has 1 atom stereocenters. The lowest BCUT2D eigenvalue weighted by molar-refractivity contribution is 0.0437. The van der Waals surface area contributed by atoms with Crippen LogP contribution in [-0.2, 0) is 4.74 Å². The third-order valence-electron chi connectivity index (χ3n) is 2.76. The maximum atomic E-state index is 11.6. The normalized spacial score (nSPS) is 16.5. The number of carbonyl (C=O) groups excluding carboxylic acids is 1. The fourth-order valence-electron chi connectivity index (χ4n) is 1.86. The fraction of sp³-hybridized carbons (Fsp3) is 0.0714. The number of hydrogen-bond acceptors (Lipinski definition) is 3. The van der Waals surface area contributed by atoms with E-state index in [0.717, 1.165) is 5.56 Å². The van der Waals surface area contributed by atoms with Crippen LogP contribution in [0.3, 0.4) is 0 Å². The summed E-state index contributed by atoms with van der Waals surface area (Å²) in [5.74, 6) is -0.413. The predicted molar refractivity (Wildman–Crippen MR) is 72.4 cm³/mol. The van der Waals surface area contributed by atoms with E-state index >= 15 is 0 Å². The number of cyclic esters (lactones) is 1. The molecule has 1 aliphatic heterocycles. The Bertz CT molecular complexity index is 658. The molecule has 3 rings (SSSR count). The van der Waals surface area contributed by atoms with Crippen LogP contribution in [0.15, 0.2) is 30.3 Å². The van der Waals surface area contributed by atoms with Crippen molar-refractivity contribution in [2.75, 3.05) is 5.32 Å². The molecular formula is C14H7Cl2NO2. The standard InChI is InChI=1S/C14H7Cl2NO2/c15-11-6-5-8(7-12(11)16)17-13-9-3-1-2-4-10(9)14(18)19-13/h1,3,5-7,13,17H. The molecule has 0 bridgehead atoms. The van der Waals surface area contributed by atoms with Crippen LogP contribution in [0, 0.1) is 12.1 Å². The Morgan fingerprint density at radius 2 is 2.05 bits per heavy atom. The minimum absolute atomic E-state index is 0.403. The van der Waals surface area contributed by atoms with Crippen LogP contribution in [0.25, 0.3) is 0 Å². The average Bonchev–Trinajstić information content (AvgIpc) is 2.72. The summed E-state index contributed by atoms with van der Waals surface area (Å²) in [6.07, 6.45) is -0.550. The van der Waals surface area contributed by atoms with Gasteiger partial charge in [0.25, 0.3) is 0 Å². The first-order valence-electron chi connectivity index (χ1n) is 5.50. The maximum Gasteiger partial charge on any atom is 0.349 e. The van der Waals surface area contributed by atoms with E-state index < -0.39 is 12.2 Å². The number of anilines is 1. The number of ether oxygens (including phenoxy) is 1. The van der Waals surface area contributed by atoms with Gasteiger partial charge in [-0.25, -0.2) is 4.79 Å². The highest BCUT2D eigenvalue weighted by Crippen LogP contribution is 2.32. The summed E-state index contributed by atoms with van der Waals surface area (Å²) in [7, 11) is 0. The Balaban J connectivity index is 1.89. The summed E-state index contributed by atoms with van der Waals surface area (Å²) in [5, 5.41) is 3.98. The molecule has 3 nitrogen and oxygen atoms in total. The maximum absolute atomic E-state index is 11.6. The van der Waals surface area contributed by atoms with Crippen molar-refractivity contribution >= 4 is 34.9 Å². The molecule has 94 valence electrons. The summed E-state index contributed by atoms with van der Waals surface area (Å²) in [5.41, 5.74) is 1.85. The Hall–Kier alpha value is -1.89. The molecule has 0 aromatic heterocycles. The minimum atomic E-state index is -0.550. The molecule has 0 fully saturated rings. The van der Waals surface area contributed by atoms with Crippen molar-refractivity contribution in [2.45, 2.75) is 6.23 Å². The quantitative estimate of drug-likeness (QED) is 0.854. The SMILES string of the molecule is O=C1OC(Nc2ccc(Cl)c(Cl)c2)c2ccc#cc21. The lowest BCUT2D eigenvalue weighted by Gasteiger charge is -2.14. The molecule has 0 amide bonds. The Labute approximate surface area is 120 Å². The molecular weight excluding hydrogens is 285 g/mol. The number of fused-ring (bicyclic) bond motifs is 1. The van der Waals surface area contributed by atoms with E-state index in [2.05, 4.69) is 17.4 Å². The van der Waals surface area contributed by atoms with Crippen LogP contribution in [-0.4, -0.2) is 5.97 Å². The lowest BCUT2D eigenvalue weighted by atomic mass is 10.1. The molecule has 0 saturated heterocycles. The van der Waals surface area contributed by atoms with Crippen LogP contribution in [0.5, 0.6) is 0 Å². The largest absolute Gasteiger partial charge is 0.433 e. The highest BCUT2D eigenvalue weighted by atomic mass is 35.5. The summed E-state index contributed by atoms with van der Waals surface area (Å²) in [6, 6.07) is 14.0. The number of halogens is 2. The topological polar surface area (TPSA) is 38.3 Å². The zero-order valence-electron chi connectivity index (χ0n) is 9.54. The van der Waals surface area contributed by atoms with Gasteiger partial charge in [-0.05, 0) is 30.3 Å². The summed E-state index contributed by atoms with van der Waals surface area (Å²) < 4.78 is 5.23. The molecule has 0 spiro atoms. The molecule has 2 aromatic carbocycles. The highest BCUT2D eigenvalue weighted by Gasteiger charge is 2.30. The minimum Gasteiger partial charge on any atom is -0.433 e. The van der Waals surface area contributed by atoms with Crippen LogP contribution >= 0.6 is 23.2 Å². The summed E-state index contributed by atoms with van der Waals surface area (Å²) in [6.45, 7) is 0. The second-order valence-electron chi connectivity index (χ2n) is 3.99. The Morgan fingerprint density at radius 3 is 2.84 bits per heavy atom. The fourth-order valence-corrected chi connectivity index (χ4v) is 2.16. The van der Waals surface area contributed by atoms with Crippen molar-refractivity contribution < 1.29 is 9.53 Å². The predicted octanol–water partition coefficient (Wildman–Crippen LogP) is 3.87. The number of esters is 1. The number of nitrogens with one attached hydrogen (secondary N) is 1. The molecule has 0 saturated carbocycles. The van der Waals surface area contributed by atoms with E-state index in [-0.39, 0.29) is 0 Å². The first kappa shape index (κ1) is 12.2. The van der Waals surface area contributed by atoms with Gasteiger partial charge in [-0.2, -0.15) is 0 Å².